The lowest BCUT2D eigenvalue weighted by Crippen LogP contribution is -2.42. The van der Waals surface area contributed by atoms with Crippen molar-refractivity contribution in [2.24, 2.45) is 0 Å². The van der Waals surface area contributed by atoms with E-state index in [1.807, 2.05) is 0 Å². The van der Waals surface area contributed by atoms with E-state index in [2.05, 4.69) is 5.32 Å². The van der Waals surface area contributed by atoms with E-state index in [1.165, 1.54) is 6.07 Å². The number of hydrogen-bond acceptors (Lipinski definition) is 2. The summed E-state index contributed by atoms with van der Waals surface area (Å²) in [7, 11) is 0. The maximum absolute atomic E-state index is 12.8. The van der Waals surface area contributed by atoms with Gasteiger partial charge in [0.25, 0.3) is 0 Å². The highest BCUT2D eigenvalue weighted by molar-refractivity contribution is 6.32. The van der Waals surface area contributed by atoms with Crippen LogP contribution in [0.2, 0.25) is 5.02 Å². The molecule has 0 atom stereocenters. The highest BCUT2D eigenvalue weighted by atomic mass is 35.5. The van der Waals surface area contributed by atoms with Crippen LogP contribution in [0.15, 0.2) is 18.2 Å². The zero-order chi connectivity index (χ0) is 14.8. The van der Waals surface area contributed by atoms with Crippen molar-refractivity contribution in [3.05, 3.63) is 34.3 Å². The Labute approximate surface area is 120 Å². The van der Waals surface area contributed by atoms with E-state index in [0.29, 0.717) is 31.2 Å². The standard InChI is InChI=1S/C14H17ClF3NO/c15-12-10(2-1-3-11(12)14(16,17)18)4-5-13(20)6-8-19-9-7-13/h1-3,19-20H,4-9H2. The number of rotatable bonds is 3. The number of aryl methyl sites for hydroxylation is 1. The van der Waals surface area contributed by atoms with E-state index in [9.17, 15) is 18.3 Å². The molecule has 0 aliphatic carbocycles. The Morgan fingerprint density at radius 1 is 1.25 bits per heavy atom. The van der Waals surface area contributed by atoms with Crippen LogP contribution in [0.25, 0.3) is 0 Å². The van der Waals surface area contributed by atoms with Gasteiger partial charge in [0.2, 0.25) is 0 Å². The fourth-order valence-corrected chi connectivity index (χ4v) is 2.83. The van der Waals surface area contributed by atoms with Gasteiger partial charge < -0.3 is 10.4 Å². The molecule has 1 aliphatic rings. The highest BCUT2D eigenvalue weighted by Crippen LogP contribution is 2.37. The molecule has 1 fully saturated rings. The van der Waals surface area contributed by atoms with Gasteiger partial charge in [0.15, 0.2) is 0 Å². The third-order valence-electron chi connectivity index (χ3n) is 3.78. The van der Waals surface area contributed by atoms with Crippen LogP contribution in [-0.2, 0) is 12.6 Å². The first-order chi connectivity index (χ1) is 9.32. The third-order valence-corrected chi connectivity index (χ3v) is 4.22. The van der Waals surface area contributed by atoms with Crippen LogP contribution in [0, 0.1) is 0 Å². The molecule has 0 bridgehead atoms. The predicted molar refractivity (Wildman–Crippen MR) is 71.8 cm³/mol. The van der Waals surface area contributed by atoms with E-state index < -0.39 is 17.3 Å². The monoisotopic (exact) mass is 307 g/mol. The molecular formula is C14H17ClF3NO. The lowest BCUT2D eigenvalue weighted by Gasteiger charge is -2.32. The average Bonchev–Trinajstić information content (AvgIpc) is 2.37. The van der Waals surface area contributed by atoms with Crippen LogP contribution in [-0.4, -0.2) is 23.8 Å². The molecule has 1 saturated heterocycles. The van der Waals surface area contributed by atoms with Crippen LogP contribution in [0.4, 0.5) is 13.2 Å². The maximum atomic E-state index is 12.8. The van der Waals surface area contributed by atoms with Crippen molar-refractivity contribution in [1.29, 1.82) is 0 Å². The first-order valence-corrected chi connectivity index (χ1v) is 6.97. The summed E-state index contributed by atoms with van der Waals surface area (Å²) in [4.78, 5) is 0. The molecule has 2 N–H and O–H groups in total. The van der Waals surface area contributed by atoms with Crippen LogP contribution >= 0.6 is 11.6 Å². The molecule has 1 aromatic carbocycles. The Balaban J connectivity index is 2.10. The SMILES string of the molecule is OC1(CCc2cccc(C(F)(F)F)c2Cl)CCNCC1. The van der Waals surface area contributed by atoms with E-state index in [-0.39, 0.29) is 5.02 Å². The Morgan fingerprint density at radius 3 is 2.50 bits per heavy atom. The molecule has 2 nitrogen and oxygen atoms in total. The molecule has 0 saturated carbocycles. The van der Waals surface area contributed by atoms with Gasteiger partial charge in [-0.1, -0.05) is 23.7 Å². The van der Waals surface area contributed by atoms with Crippen molar-refractivity contribution in [1.82, 2.24) is 5.32 Å². The number of piperidine rings is 1. The molecule has 2 rings (SSSR count). The quantitative estimate of drug-likeness (QED) is 0.897. The summed E-state index contributed by atoms with van der Waals surface area (Å²) in [6.07, 6.45) is -2.44. The largest absolute Gasteiger partial charge is 0.417 e. The first-order valence-electron chi connectivity index (χ1n) is 6.59. The zero-order valence-corrected chi connectivity index (χ0v) is 11.7. The molecule has 6 heteroatoms. The van der Waals surface area contributed by atoms with Gasteiger partial charge in [-0.15, -0.1) is 0 Å². The molecule has 1 aromatic rings. The number of alkyl halides is 3. The Bertz CT molecular complexity index is 470. The van der Waals surface area contributed by atoms with E-state index >= 15 is 0 Å². The van der Waals surface area contributed by atoms with Crippen LogP contribution < -0.4 is 5.32 Å². The van der Waals surface area contributed by atoms with Gasteiger partial charge in [-0.05, 0) is 50.4 Å². The van der Waals surface area contributed by atoms with Crippen LogP contribution in [0.3, 0.4) is 0 Å². The zero-order valence-electron chi connectivity index (χ0n) is 10.9. The molecule has 0 spiro atoms. The fourth-order valence-electron chi connectivity index (χ4n) is 2.50. The minimum atomic E-state index is -4.45. The van der Waals surface area contributed by atoms with Crippen molar-refractivity contribution in [3.8, 4) is 0 Å². The van der Waals surface area contributed by atoms with Crippen LogP contribution in [0.1, 0.15) is 30.4 Å². The lowest BCUT2D eigenvalue weighted by atomic mass is 9.86. The summed E-state index contributed by atoms with van der Waals surface area (Å²) in [5, 5.41) is 13.2. The van der Waals surface area contributed by atoms with Crippen LogP contribution in [0.5, 0.6) is 0 Å². The van der Waals surface area contributed by atoms with Gasteiger partial charge in [0.1, 0.15) is 0 Å². The third kappa shape index (κ3) is 3.65. The summed E-state index contributed by atoms with van der Waals surface area (Å²) in [5.41, 5.74) is -1.18. The van der Waals surface area contributed by atoms with Crippen molar-refractivity contribution in [2.45, 2.75) is 37.5 Å². The Morgan fingerprint density at radius 2 is 1.90 bits per heavy atom. The molecule has 0 radical (unpaired) electrons. The van der Waals surface area contributed by atoms with Gasteiger partial charge in [0.05, 0.1) is 16.2 Å². The topological polar surface area (TPSA) is 32.3 Å². The van der Waals surface area contributed by atoms with Gasteiger partial charge in [0, 0.05) is 0 Å². The maximum Gasteiger partial charge on any atom is 0.417 e. The number of hydrogen-bond donors (Lipinski definition) is 2. The fraction of sp³-hybridized carbons (Fsp3) is 0.571. The first kappa shape index (κ1) is 15.6. The molecule has 0 unspecified atom stereocenters. The van der Waals surface area contributed by atoms with Gasteiger partial charge in [-0.3, -0.25) is 0 Å². The van der Waals surface area contributed by atoms with E-state index in [4.69, 9.17) is 11.6 Å². The number of nitrogens with one attached hydrogen (secondary N) is 1. The van der Waals surface area contributed by atoms with Crippen molar-refractivity contribution < 1.29 is 18.3 Å². The second kappa shape index (κ2) is 5.92. The summed E-state index contributed by atoms with van der Waals surface area (Å²) in [6, 6.07) is 3.92. The molecule has 1 heterocycles. The lowest BCUT2D eigenvalue weighted by molar-refractivity contribution is -0.137. The van der Waals surface area contributed by atoms with Crippen molar-refractivity contribution in [2.75, 3.05) is 13.1 Å². The molecular weight excluding hydrogens is 291 g/mol. The number of benzene rings is 1. The minimum absolute atomic E-state index is 0.252. The summed E-state index contributed by atoms with van der Waals surface area (Å²) >= 11 is 5.84. The average molecular weight is 308 g/mol. The normalized spacial score (nSPS) is 19.1. The Hall–Kier alpha value is -0.780. The van der Waals surface area contributed by atoms with Gasteiger partial charge in [-0.25, -0.2) is 0 Å². The van der Waals surface area contributed by atoms with Crippen molar-refractivity contribution >= 4 is 11.6 Å². The molecule has 0 aromatic heterocycles. The summed E-state index contributed by atoms with van der Waals surface area (Å²) in [6.45, 7) is 1.46. The van der Waals surface area contributed by atoms with Gasteiger partial charge >= 0.3 is 6.18 Å². The second-order valence-electron chi connectivity index (χ2n) is 5.25. The highest BCUT2D eigenvalue weighted by Gasteiger charge is 2.34. The molecule has 0 amide bonds. The van der Waals surface area contributed by atoms with Crippen molar-refractivity contribution in [3.63, 3.8) is 0 Å². The summed E-state index contributed by atoms with van der Waals surface area (Å²) < 4.78 is 38.3. The molecule has 1 aliphatic heterocycles. The number of aliphatic hydroxyl groups is 1. The van der Waals surface area contributed by atoms with E-state index in [1.54, 1.807) is 6.07 Å². The smallest absolute Gasteiger partial charge is 0.390 e. The molecule has 20 heavy (non-hydrogen) atoms. The van der Waals surface area contributed by atoms with Gasteiger partial charge in [-0.2, -0.15) is 13.2 Å². The molecule has 112 valence electrons. The summed E-state index contributed by atoms with van der Waals surface area (Å²) in [5.74, 6) is 0. The second-order valence-corrected chi connectivity index (χ2v) is 5.63. The Kier molecular flexibility index (Phi) is 4.62. The number of halogens is 4. The van der Waals surface area contributed by atoms with E-state index in [0.717, 1.165) is 19.2 Å². The predicted octanol–water partition coefficient (Wildman–Crippen LogP) is 3.41. The minimum Gasteiger partial charge on any atom is -0.390 e.